The quantitative estimate of drug-likeness (QED) is 0.109. The normalized spacial score (nSPS) is 22.3. The first-order valence-electron chi connectivity index (χ1n) is 16.6. The van der Waals surface area contributed by atoms with Gasteiger partial charge in [0.05, 0.1) is 5.25 Å². The Kier molecular flexibility index (Phi) is 14.0. The summed E-state index contributed by atoms with van der Waals surface area (Å²) >= 11 is 1.38. The molecule has 0 saturated carbocycles. The average Bonchev–Trinajstić information content (AvgIpc) is 3.41. The SMILES string of the molecule is N[C@@H](CCC(=O)N[C@@H](CS[C@@H]1CCCCCC[C@H]2CC(Cc3ccncc3)=C(CCCO)[C@H]3C(=O)OC1=C23)C(=O)NCC(=O)O)C(=O)O. The highest BCUT2D eigenvalue weighted by atomic mass is 32.2. The van der Waals surface area contributed by atoms with E-state index in [2.05, 4.69) is 15.6 Å². The first kappa shape index (κ1) is 37.1. The van der Waals surface area contributed by atoms with Gasteiger partial charge in [0.15, 0.2) is 0 Å². The van der Waals surface area contributed by atoms with Crippen LogP contribution in [0.2, 0.25) is 0 Å². The highest BCUT2D eigenvalue weighted by molar-refractivity contribution is 8.00. The molecular formula is C34H46N4O9S. The van der Waals surface area contributed by atoms with Crippen molar-refractivity contribution in [2.45, 2.75) is 94.4 Å². The molecular weight excluding hydrogens is 640 g/mol. The molecule has 3 aliphatic rings. The van der Waals surface area contributed by atoms with Crippen LogP contribution in [0.1, 0.15) is 76.2 Å². The van der Waals surface area contributed by atoms with Crippen molar-refractivity contribution in [1.29, 1.82) is 0 Å². The van der Waals surface area contributed by atoms with Crippen molar-refractivity contribution >= 4 is 41.5 Å². The molecule has 14 heteroatoms. The van der Waals surface area contributed by atoms with E-state index in [0.29, 0.717) is 31.4 Å². The van der Waals surface area contributed by atoms with Crippen molar-refractivity contribution in [1.82, 2.24) is 15.6 Å². The number of aliphatic carboxylic acids is 2. The fourth-order valence-electron chi connectivity index (χ4n) is 6.76. The molecule has 1 aromatic rings. The highest BCUT2D eigenvalue weighted by Gasteiger charge is 2.47. The molecule has 0 spiro atoms. The van der Waals surface area contributed by atoms with Crippen LogP contribution in [-0.2, 0) is 35.1 Å². The summed E-state index contributed by atoms with van der Waals surface area (Å²) in [7, 11) is 0. The lowest BCUT2D eigenvalue weighted by molar-refractivity contribution is -0.140. The number of carbonyl (C=O) groups excluding carboxylic acids is 3. The van der Waals surface area contributed by atoms with E-state index < -0.39 is 48.3 Å². The Balaban J connectivity index is 1.62. The van der Waals surface area contributed by atoms with Crippen LogP contribution in [0.15, 0.2) is 47.0 Å². The van der Waals surface area contributed by atoms with Crippen molar-refractivity contribution in [3.05, 3.63) is 52.6 Å². The monoisotopic (exact) mass is 686 g/mol. The fourth-order valence-corrected chi connectivity index (χ4v) is 8.09. The maximum absolute atomic E-state index is 13.8. The van der Waals surface area contributed by atoms with Gasteiger partial charge in [-0.05, 0) is 74.1 Å². The molecule has 1 aromatic heterocycles. The number of carboxylic acid groups (broad SMARTS) is 2. The Labute approximate surface area is 284 Å². The van der Waals surface area contributed by atoms with Crippen LogP contribution in [0.3, 0.4) is 0 Å². The molecule has 7 N–H and O–H groups in total. The van der Waals surface area contributed by atoms with Gasteiger partial charge in [-0.25, -0.2) is 0 Å². The topological polar surface area (TPSA) is 218 Å². The van der Waals surface area contributed by atoms with Crippen LogP contribution < -0.4 is 16.4 Å². The Morgan fingerprint density at radius 2 is 1.81 bits per heavy atom. The summed E-state index contributed by atoms with van der Waals surface area (Å²) in [4.78, 5) is 65.9. The third kappa shape index (κ3) is 10.1. The molecule has 0 radical (unpaired) electrons. The number of carboxylic acids is 2. The molecule has 0 saturated heterocycles. The van der Waals surface area contributed by atoms with Crippen molar-refractivity contribution in [3.63, 3.8) is 0 Å². The van der Waals surface area contributed by atoms with Gasteiger partial charge in [-0.2, -0.15) is 0 Å². The number of nitrogens with one attached hydrogen (secondary N) is 2. The van der Waals surface area contributed by atoms with Crippen molar-refractivity contribution in [2.75, 3.05) is 18.9 Å². The number of carbonyl (C=O) groups is 5. The van der Waals surface area contributed by atoms with Crippen LogP contribution >= 0.6 is 11.8 Å². The van der Waals surface area contributed by atoms with Gasteiger partial charge in [0.1, 0.15) is 30.3 Å². The molecule has 262 valence electrons. The summed E-state index contributed by atoms with van der Waals surface area (Å²) in [6, 6.07) is 1.59. The number of hydrogen-bond donors (Lipinski definition) is 6. The first-order valence-corrected chi connectivity index (χ1v) is 17.7. The standard InChI is InChI=1S/C34H46N4O9S/c35-24(33(44)45)9-10-27(40)38-25(32(43)37-18-28(41)42)19-48-26-8-4-2-1-3-6-21-17-22(16-20-11-13-36-14-12-20)23(7-5-15-39)30-29(21)31(26)47-34(30)46/h11-14,21,24-26,30,39H,1-10,15-19,35H2,(H,37,43)(H,38,40)(H,41,42)(H,44,45)/t21-,24-,25-,26+,30+/m0/s1. The number of esters is 1. The molecule has 0 bridgehead atoms. The minimum Gasteiger partial charge on any atom is -0.480 e. The minimum absolute atomic E-state index is 0.000903. The summed E-state index contributed by atoms with van der Waals surface area (Å²) in [6.07, 6.45) is 11.2. The molecule has 0 aromatic carbocycles. The molecule has 4 rings (SSSR count). The van der Waals surface area contributed by atoms with Crippen LogP contribution in [0, 0.1) is 11.8 Å². The predicted molar refractivity (Wildman–Crippen MR) is 177 cm³/mol. The zero-order valence-corrected chi connectivity index (χ0v) is 27.8. The lowest BCUT2D eigenvalue weighted by atomic mass is 9.69. The minimum atomic E-state index is -1.25. The van der Waals surface area contributed by atoms with E-state index in [1.165, 1.54) is 17.3 Å². The molecule has 2 amide bonds. The number of ether oxygens (including phenoxy) is 1. The fraction of sp³-hybridized carbons (Fsp3) is 0.588. The van der Waals surface area contributed by atoms with E-state index >= 15 is 0 Å². The molecule has 0 unspecified atom stereocenters. The number of allylic oxidation sites excluding steroid dienone is 1. The Morgan fingerprint density at radius 1 is 1.08 bits per heavy atom. The third-order valence-electron chi connectivity index (χ3n) is 9.14. The maximum Gasteiger partial charge on any atom is 0.322 e. The van der Waals surface area contributed by atoms with Crippen LogP contribution in [0.25, 0.3) is 0 Å². The molecule has 13 nitrogen and oxygen atoms in total. The smallest absolute Gasteiger partial charge is 0.322 e. The second-order valence-electron chi connectivity index (χ2n) is 12.6. The third-order valence-corrected chi connectivity index (χ3v) is 10.5. The number of pyridine rings is 1. The van der Waals surface area contributed by atoms with Gasteiger partial charge in [-0.15, -0.1) is 11.8 Å². The number of thioether (sulfide) groups is 1. The van der Waals surface area contributed by atoms with Gasteiger partial charge in [0.25, 0.3) is 0 Å². The van der Waals surface area contributed by atoms with E-state index in [0.717, 1.165) is 55.2 Å². The number of aliphatic hydroxyl groups excluding tert-OH is 1. The number of amides is 2. The van der Waals surface area contributed by atoms with Crippen molar-refractivity contribution in [2.24, 2.45) is 17.6 Å². The van der Waals surface area contributed by atoms with E-state index in [9.17, 15) is 29.1 Å². The summed E-state index contributed by atoms with van der Waals surface area (Å²) in [6.45, 7) is -0.634. The molecule has 5 atom stereocenters. The average molecular weight is 687 g/mol. The summed E-state index contributed by atoms with van der Waals surface area (Å²) < 4.78 is 6.15. The van der Waals surface area contributed by atoms with Gasteiger partial charge in [0, 0.05) is 31.2 Å². The number of nitrogens with zero attached hydrogens (tertiary/aromatic N) is 1. The summed E-state index contributed by atoms with van der Waals surface area (Å²) in [5.41, 5.74) is 9.84. The molecule has 1 aliphatic heterocycles. The Bertz CT molecular complexity index is 1400. The molecule has 2 aliphatic carbocycles. The predicted octanol–water partition coefficient (Wildman–Crippen LogP) is 2.47. The lowest BCUT2D eigenvalue weighted by Gasteiger charge is -2.34. The largest absolute Gasteiger partial charge is 0.480 e. The van der Waals surface area contributed by atoms with E-state index in [-0.39, 0.29) is 42.3 Å². The lowest BCUT2D eigenvalue weighted by Crippen LogP contribution is -2.49. The second-order valence-corrected chi connectivity index (χ2v) is 13.8. The number of aromatic nitrogens is 1. The molecule has 0 fully saturated rings. The van der Waals surface area contributed by atoms with E-state index in [1.807, 2.05) is 12.1 Å². The van der Waals surface area contributed by atoms with E-state index in [4.69, 9.17) is 20.7 Å². The van der Waals surface area contributed by atoms with Crippen molar-refractivity contribution < 1.29 is 44.0 Å². The maximum atomic E-state index is 13.8. The number of nitrogens with two attached hydrogens (primary N) is 1. The summed E-state index contributed by atoms with van der Waals surface area (Å²) in [5.74, 6) is -3.84. The van der Waals surface area contributed by atoms with Crippen LogP contribution in [-0.4, -0.2) is 86.3 Å². The second kappa shape index (κ2) is 18.1. The van der Waals surface area contributed by atoms with Crippen LogP contribution in [0.4, 0.5) is 0 Å². The molecule has 2 heterocycles. The zero-order valence-electron chi connectivity index (χ0n) is 27.0. The van der Waals surface area contributed by atoms with Gasteiger partial charge >= 0.3 is 17.9 Å². The number of hydrogen-bond acceptors (Lipinski definition) is 10. The zero-order chi connectivity index (χ0) is 34.6. The summed E-state index contributed by atoms with van der Waals surface area (Å²) in [5, 5.41) is 32.5. The Morgan fingerprint density at radius 3 is 2.50 bits per heavy atom. The van der Waals surface area contributed by atoms with Crippen LogP contribution in [0.5, 0.6) is 0 Å². The van der Waals surface area contributed by atoms with Gasteiger partial charge < -0.3 is 36.4 Å². The van der Waals surface area contributed by atoms with E-state index in [1.54, 1.807) is 12.4 Å². The molecule has 48 heavy (non-hydrogen) atoms. The first-order chi connectivity index (χ1) is 23.1. The van der Waals surface area contributed by atoms with Gasteiger partial charge in [-0.3, -0.25) is 29.0 Å². The Hall–Kier alpha value is -3.75. The number of rotatable bonds is 16. The highest BCUT2D eigenvalue weighted by Crippen LogP contribution is 2.51. The van der Waals surface area contributed by atoms with Crippen molar-refractivity contribution in [3.8, 4) is 0 Å². The van der Waals surface area contributed by atoms with Gasteiger partial charge in [0.2, 0.25) is 11.8 Å². The van der Waals surface area contributed by atoms with Gasteiger partial charge in [-0.1, -0.05) is 36.8 Å². The number of aliphatic hydroxyl groups is 1.